The highest BCUT2D eigenvalue weighted by Gasteiger charge is 2.35. The smallest absolute Gasteiger partial charge is 0.306 e. The number of likely N-dealkylation sites (N-methyl/N-ethyl adjacent to an activating group) is 1. The van der Waals surface area contributed by atoms with E-state index in [1.165, 1.54) is 5.56 Å². The zero-order chi connectivity index (χ0) is 15.4. The quantitative estimate of drug-likeness (QED) is 0.906. The van der Waals surface area contributed by atoms with Crippen molar-refractivity contribution in [1.82, 2.24) is 4.90 Å². The van der Waals surface area contributed by atoms with Crippen LogP contribution < -0.4 is 0 Å². The second-order valence-corrected chi connectivity index (χ2v) is 6.08. The molecule has 1 aliphatic rings. The molecule has 0 bridgehead atoms. The van der Waals surface area contributed by atoms with Crippen molar-refractivity contribution in [1.29, 1.82) is 0 Å². The van der Waals surface area contributed by atoms with Gasteiger partial charge in [-0.15, -0.1) is 0 Å². The summed E-state index contributed by atoms with van der Waals surface area (Å²) >= 11 is 0. The van der Waals surface area contributed by atoms with E-state index >= 15 is 0 Å². The second-order valence-electron chi connectivity index (χ2n) is 6.08. The minimum absolute atomic E-state index is 0.0848. The molecule has 1 aliphatic carbocycles. The predicted octanol–water partition coefficient (Wildman–Crippen LogP) is 2.75. The number of aliphatic carboxylic acids is 1. The molecule has 1 amide bonds. The Labute approximate surface area is 125 Å². The van der Waals surface area contributed by atoms with Crippen molar-refractivity contribution < 1.29 is 14.7 Å². The van der Waals surface area contributed by atoms with E-state index in [1.807, 2.05) is 25.2 Å². The third-order valence-corrected chi connectivity index (χ3v) is 4.42. The molecular formula is C17H23NO3. The van der Waals surface area contributed by atoms with Crippen LogP contribution in [0.1, 0.15) is 37.7 Å². The van der Waals surface area contributed by atoms with Gasteiger partial charge in [0.1, 0.15) is 0 Å². The molecule has 21 heavy (non-hydrogen) atoms. The first-order valence-corrected chi connectivity index (χ1v) is 7.51. The van der Waals surface area contributed by atoms with Gasteiger partial charge in [0.2, 0.25) is 5.91 Å². The van der Waals surface area contributed by atoms with Crippen LogP contribution >= 0.6 is 0 Å². The lowest BCUT2D eigenvalue weighted by Gasteiger charge is -2.24. The van der Waals surface area contributed by atoms with Gasteiger partial charge in [-0.2, -0.15) is 0 Å². The van der Waals surface area contributed by atoms with Gasteiger partial charge in [0.15, 0.2) is 0 Å². The van der Waals surface area contributed by atoms with E-state index in [4.69, 9.17) is 5.11 Å². The van der Waals surface area contributed by atoms with Gasteiger partial charge in [-0.25, -0.2) is 0 Å². The van der Waals surface area contributed by atoms with E-state index < -0.39 is 5.97 Å². The molecule has 1 N–H and O–H groups in total. The van der Waals surface area contributed by atoms with Crippen molar-refractivity contribution in [3.63, 3.8) is 0 Å². The van der Waals surface area contributed by atoms with Gasteiger partial charge in [-0.1, -0.05) is 37.3 Å². The average Bonchev–Trinajstić information content (AvgIpc) is 2.97. The summed E-state index contributed by atoms with van der Waals surface area (Å²) < 4.78 is 0. The van der Waals surface area contributed by atoms with Crippen molar-refractivity contribution in [2.45, 2.75) is 32.1 Å². The summed E-state index contributed by atoms with van der Waals surface area (Å²) in [5.41, 5.74) is 1.21. The molecule has 4 nitrogen and oxygen atoms in total. The fraction of sp³-hybridized carbons (Fsp3) is 0.529. The van der Waals surface area contributed by atoms with Crippen LogP contribution in [0.5, 0.6) is 0 Å². The molecule has 4 heteroatoms. The molecule has 0 spiro atoms. The van der Waals surface area contributed by atoms with E-state index in [1.54, 1.807) is 4.90 Å². The third-order valence-electron chi connectivity index (χ3n) is 4.42. The van der Waals surface area contributed by atoms with E-state index in [2.05, 4.69) is 19.1 Å². The summed E-state index contributed by atoms with van der Waals surface area (Å²) in [5.74, 6) is -0.887. The number of hydrogen-bond acceptors (Lipinski definition) is 2. The van der Waals surface area contributed by atoms with Gasteiger partial charge in [-0.05, 0) is 30.7 Å². The van der Waals surface area contributed by atoms with Gasteiger partial charge in [0, 0.05) is 19.5 Å². The summed E-state index contributed by atoms with van der Waals surface area (Å²) in [5, 5.41) is 9.02. The molecule has 114 valence electrons. The fourth-order valence-electron chi connectivity index (χ4n) is 3.13. The van der Waals surface area contributed by atoms with Gasteiger partial charge >= 0.3 is 5.97 Å². The normalized spacial score (nSPS) is 22.8. The van der Waals surface area contributed by atoms with Gasteiger partial charge in [-0.3, -0.25) is 9.59 Å². The van der Waals surface area contributed by atoms with Gasteiger partial charge in [0.25, 0.3) is 0 Å². The Morgan fingerprint density at radius 2 is 1.86 bits per heavy atom. The predicted molar refractivity (Wildman–Crippen MR) is 81.0 cm³/mol. The van der Waals surface area contributed by atoms with E-state index in [9.17, 15) is 9.59 Å². The molecule has 0 unspecified atom stereocenters. The highest BCUT2D eigenvalue weighted by Crippen LogP contribution is 2.32. The number of carboxylic acids is 1. The standard InChI is InChI=1S/C17H23NO3/c1-12(13-6-4-3-5-7-13)11-18(2)16(19)14-8-9-15(10-14)17(20)21/h3-7,12,14-15H,8-11H2,1-2H3,(H,20,21)/t12-,14-,15+/m1/s1. The number of carbonyl (C=O) groups is 2. The molecule has 0 saturated heterocycles. The molecule has 2 rings (SSSR count). The molecule has 0 heterocycles. The van der Waals surface area contributed by atoms with Crippen molar-refractivity contribution in [2.75, 3.05) is 13.6 Å². The minimum Gasteiger partial charge on any atom is -0.481 e. The van der Waals surface area contributed by atoms with E-state index in [-0.39, 0.29) is 23.7 Å². The Hall–Kier alpha value is -1.84. The number of hydrogen-bond donors (Lipinski definition) is 1. The Morgan fingerprint density at radius 1 is 1.24 bits per heavy atom. The fourth-order valence-corrected chi connectivity index (χ4v) is 3.13. The maximum atomic E-state index is 12.4. The summed E-state index contributed by atoms with van der Waals surface area (Å²) in [4.78, 5) is 25.1. The molecule has 1 saturated carbocycles. The zero-order valence-corrected chi connectivity index (χ0v) is 12.7. The van der Waals surface area contributed by atoms with Crippen LogP contribution in [0.2, 0.25) is 0 Å². The lowest BCUT2D eigenvalue weighted by molar-refractivity contribution is -0.141. The van der Waals surface area contributed by atoms with Crippen LogP contribution in [0.15, 0.2) is 30.3 Å². The SMILES string of the molecule is C[C@H](CN(C)C(=O)[C@@H]1CC[C@H](C(=O)O)C1)c1ccccc1. The average molecular weight is 289 g/mol. The first kappa shape index (κ1) is 15.5. The first-order chi connectivity index (χ1) is 9.99. The summed E-state index contributed by atoms with van der Waals surface area (Å²) in [6.07, 6.45) is 1.80. The molecule has 0 radical (unpaired) electrons. The number of carboxylic acid groups (broad SMARTS) is 1. The molecule has 1 aromatic carbocycles. The van der Waals surface area contributed by atoms with Crippen LogP contribution in [0.25, 0.3) is 0 Å². The van der Waals surface area contributed by atoms with E-state index in [0.717, 1.165) is 0 Å². The monoisotopic (exact) mass is 289 g/mol. The molecule has 0 aliphatic heterocycles. The van der Waals surface area contributed by atoms with Crippen molar-refractivity contribution in [2.24, 2.45) is 11.8 Å². The van der Waals surface area contributed by atoms with Crippen LogP contribution in [0.3, 0.4) is 0 Å². The highest BCUT2D eigenvalue weighted by molar-refractivity contribution is 5.80. The van der Waals surface area contributed by atoms with Crippen LogP contribution in [0.4, 0.5) is 0 Å². The van der Waals surface area contributed by atoms with Gasteiger partial charge in [0.05, 0.1) is 5.92 Å². The second kappa shape index (κ2) is 6.74. The molecule has 3 atom stereocenters. The maximum absolute atomic E-state index is 12.4. The van der Waals surface area contributed by atoms with Crippen LogP contribution in [-0.4, -0.2) is 35.5 Å². The molecular weight excluding hydrogens is 266 g/mol. The summed E-state index contributed by atoms with van der Waals surface area (Å²) in [6, 6.07) is 10.1. The topological polar surface area (TPSA) is 57.6 Å². The number of carbonyl (C=O) groups excluding carboxylic acids is 1. The van der Waals surface area contributed by atoms with Crippen molar-refractivity contribution >= 4 is 11.9 Å². The van der Waals surface area contributed by atoms with Crippen molar-refractivity contribution in [3.05, 3.63) is 35.9 Å². The largest absolute Gasteiger partial charge is 0.481 e. The molecule has 1 aromatic rings. The summed E-state index contributed by atoms with van der Waals surface area (Å²) in [6.45, 7) is 2.77. The Kier molecular flexibility index (Phi) is 4.99. The van der Waals surface area contributed by atoms with Crippen molar-refractivity contribution in [3.8, 4) is 0 Å². The van der Waals surface area contributed by atoms with Gasteiger partial charge < -0.3 is 10.0 Å². The molecule has 0 aromatic heterocycles. The first-order valence-electron chi connectivity index (χ1n) is 7.51. The Balaban J connectivity index is 1.90. The van der Waals surface area contributed by atoms with E-state index in [0.29, 0.717) is 25.8 Å². The number of nitrogens with zero attached hydrogens (tertiary/aromatic N) is 1. The van der Waals surface area contributed by atoms with Crippen LogP contribution in [0, 0.1) is 11.8 Å². The number of benzene rings is 1. The number of rotatable bonds is 5. The highest BCUT2D eigenvalue weighted by atomic mass is 16.4. The van der Waals surface area contributed by atoms with Crippen LogP contribution in [-0.2, 0) is 9.59 Å². The Bertz CT molecular complexity index is 500. The third kappa shape index (κ3) is 3.84. The summed E-state index contributed by atoms with van der Waals surface area (Å²) in [7, 11) is 1.82. The molecule has 1 fully saturated rings. The zero-order valence-electron chi connectivity index (χ0n) is 12.7. The minimum atomic E-state index is -0.773. The Morgan fingerprint density at radius 3 is 2.43 bits per heavy atom. The number of amides is 1. The maximum Gasteiger partial charge on any atom is 0.306 e. The lowest BCUT2D eigenvalue weighted by atomic mass is 9.99. The lowest BCUT2D eigenvalue weighted by Crippen LogP contribution is -2.34.